The van der Waals surface area contributed by atoms with E-state index in [0.29, 0.717) is 24.4 Å². The van der Waals surface area contributed by atoms with Gasteiger partial charge in [0.1, 0.15) is 5.75 Å². The zero-order chi connectivity index (χ0) is 17.2. The van der Waals surface area contributed by atoms with Gasteiger partial charge in [-0.05, 0) is 45.3 Å². The number of ether oxygens (including phenoxy) is 2. The fourth-order valence-corrected chi connectivity index (χ4v) is 2.16. The quantitative estimate of drug-likeness (QED) is 0.647. The van der Waals surface area contributed by atoms with E-state index in [1.54, 1.807) is 36.3 Å². The van der Waals surface area contributed by atoms with E-state index in [2.05, 4.69) is 9.64 Å². The summed E-state index contributed by atoms with van der Waals surface area (Å²) in [7, 11) is 6.89. The van der Waals surface area contributed by atoms with Crippen molar-refractivity contribution in [3.05, 3.63) is 29.8 Å². The molecule has 1 rings (SSSR count). The molecule has 0 N–H and O–H groups in total. The molecule has 0 bridgehead atoms. The highest BCUT2D eigenvalue weighted by Crippen LogP contribution is 2.15. The summed E-state index contributed by atoms with van der Waals surface area (Å²) in [5, 5.41) is 0. The van der Waals surface area contributed by atoms with Crippen molar-refractivity contribution < 1.29 is 19.1 Å². The molecule has 0 saturated heterocycles. The number of nitrogens with zero attached hydrogens (tertiary/aromatic N) is 2. The molecule has 0 spiro atoms. The molecular weight excluding hydrogens is 296 g/mol. The van der Waals surface area contributed by atoms with Crippen molar-refractivity contribution in [2.24, 2.45) is 0 Å². The zero-order valence-electron chi connectivity index (χ0n) is 14.4. The van der Waals surface area contributed by atoms with E-state index in [1.807, 2.05) is 14.1 Å². The monoisotopic (exact) mass is 322 g/mol. The lowest BCUT2D eigenvalue weighted by Gasteiger charge is -2.23. The number of esters is 1. The summed E-state index contributed by atoms with van der Waals surface area (Å²) in [4.78, 5) is 27.8. The van der Waals surface area contributed by atoms with E-state index < -0.39 is 0 Å². The van der Waals surface area contributed by atoms with Crippen LogP contribution in [0, 0.1) is 0 Å². The Labute approximate surface area is 138 Å². The van der Waals surface area contributed by atoms with Gasteiger partial charge in [-0.2, -0.15) is 0 Å². The maximum absolute atomic E-state index is 12.7. The standard InChI is InChI=1S/C17H26N2O4/c1-18(2)10-6-11-19(12-9-16(20)23-4)17(21)14-7-5-8-15(13-14)22-3/h5,7-8,13H,6,9-12H2,1-4H3. The van der Waals surface area contributed by atoms with Gasteiger partial charge in [-0.25, -0.2) is 0 Å². The van der Waals surface area contributed by atoms with E-state index in [9.17, 15) is 9.59 Å². The average molecular weight is 322 g/mol. The smallest absolute Gasteiger partial charge is 0.307 e. The van der Waals surface area contributed by atoms with Crippen molar-refractivity contribution >= 4 is 11.9 Å². The van der Waals surface area contributed by atoms with Crippen LogP contribution in [-0.2, 0) is 9.53 Å². The van der Waals surface area contributed by atoms with E-state index in [1.165, 1.54) is 7.11 Å². The molecule has 1 aromatic rings. The minimum Gasteiger partial charge on any atom is -0.497 e. The van der Waals surface area contributed by atoms with Crippen molar-refractivity contribution in [2.45, 2.75) is 12.8 Å². The highest BCUT2D eigenvalue weighted by Gasteiger charge is 2.17. The van der Waals surface area contributed by atoms with Gasteiger partial charge < -0.3 is 19.3 Å². The Morgan fingerprint density at radius 3 is 2.43 bits per heavy atom. The van der Waals surface area contributed by atoms with Crippen LogP contribution < -0.4 is 4.74 Å². The van der Waals surface area contributed by atoms with Gasteiger partial charge in [-0.3, -0.25) is 9.59 Å². The summed E-state index contributed by atoms with van der Waals surface area (Å²) in [6.07, 6.45) is 1.03. The maximum Gasteiger partial charge on any atom is 0.307 e. The largest absolute Gasteiger partial charge is 0.497 e. The second-order valence-corrected chi connectivity index (χ2v) is 5.51. The van der Waals surface area contributed by atoms with Crippen LogP contribution in [0.3, 0.4) is 0 Å². The number of rotatable bonds is 9. The lowest BCUT2D eigenvalue weighted by atomic mass is 10.1. The van der Waals surface area contributed by atoms with Gasteiger partial charge in [0.2, 0.25) is 0 Å². The van der Waals surface area contributed by atoms with E-state index in [4.69, 9.17) is 4.74 Å². The first-order valence-electron chi connectivity index (χ1n) is 7.62. The van der Waals surface area contributed by atoms with Crippen LogP contribution in [0.1, 0.15) is 23.2 Å². The molecule has 0 fully saturated rings. The summed E-state index contributed by atoms with van der Waals surface area (Å²) in [5.41, 5.74) is 0.555. The molecule has 0 aliphatic rings. The first-order chi connectivity index (χ1) is 11.0. The van der Waals surface area contributed by atoms with Gasteiger partial charge in [0.15, 0.2) is 0 Å². The minimum absolute atomic E-state index is 0.105. The molecular formula is C17H26N2O4. The SMILES string of the molecule is COC(=O)CCN(CCCN(C)C)C(=O)c1cccc(OC)c1. The van der Waals surface area contributed by atoms with E-state index >= 15 is 0 Å². The summed E-state index contributed by atoms with van der Waals surface area (Å²) < 4.78 is 9.82. The predicted molar refractivity (Wildman–Crippen MR) is 88.7 cm³/mol. The number of carbonyl (C=O) groups is 2. The Bertz CT molecular complexity index is 517. The highest BCUT2D eigenvalue weighted by atomic mass is 16.5. The van der Waals surface area contributed by atoms with Crippen molar-refractivity contribution in [3.63, 3.8) is 0 Å². The summed E-state index contributed by atoms with van der Waals surface area (Å²) >= 11 is 0. The molecule has 0 aromatic heterocycles. The molecule has 128 valence electrons. The molecule has 1 amide bonds. The Hall–Kier alpha value is -2.08. The number of hydrogen-bond acceptors (Lipinski definition) is 5. The molecule has 0 unspecified atom stereocenters. The molecule has 6 heteroatoms. The summed E-state index contributed by atoms with van der Waals surface area (Å²) in [5.74, 6) is 0.213. The Balaban J connectivity index is 2.78. The molecule has 0 radical (unpaired) electrons. The Kier molecular flexibility index (Phi) is 8.11. The van der Waals surface area contributed by atoms with Crippen molar-refractivity contribution in [3.8, 4) is 5.75 Å². The second kappa shape index (κ2) is 9.84. The fraction of sp³-hybridized carbons (Fsp3) is 0.529. The second-order valence-electron chi connectivity index (χ2n) is 5.51. The normalized spacial score (nSPS) is 10.5. The van der Waals surface area contributed by atoms with Gasteiger partial charge in [0.25, 0.3) is 5.91 Å². The first kappa shape index (κ1) is 19.0. The van der Waals surface area contributed by atoms with Gasteiger partial charge in [-0.1, -0.05) is 6.07 Å². The number of amides is 1. The first-order valence-corrected chi connectivity index (χ1v) is 7.62. The lowest BCUT2D eigenvalue weighted by Crippen LogP contribution is -2.35. The minimum atomic E-state index is -0.318. The molecule has 0 aliphatic carbocycles. The van der Waals surface area contributed by atoms with Crippen LogP contribution in [0.15, 0.2) is 24.3 Å². The average Bonchev–Trinajstić information content (AvgIpc) is 2.56. The van der Waals surface area contributed by atoms with Crippen molar-refractivity contribution in [2.75, 3.05) is 47.9 Å². The van der Waals surface area contributed by atoms with Gasteiger partial charge in [-0.15, -0.1) is 0 Å². The third-order valence-electron chi connectivity index (χ3n) is 3.45. The molecule has 0 saturated carbocycles. The van der Waals surface area contributed by atoms with Crippen LogP contribution >= 0.6 is 0 Å². The Morgan fingerprint density at radius 1 is 1.09 bits per heavy atom. The number of carbonyl (C=O) groups excluding carboxylic acids is 2. The van der Waals surface area contributed by atoms with Crippen LogP contribution in [0.4, 0.5) is 0 Å². The summed E-state index contributed by atoms with van der Waals surface area (Å²) in [6.45, 7) is 1.81. The fourth-order valence-electron chi connectivity index (χ4n) is 2.16. The molecule has 23 heavy (non-hydrogen) atoms. The van der Waals surface area contributed by atoms with Crippen LogP contribution in [0.25, 0.3) is 0 Å². The van der Waals surface area contributed by atoms with Crippen LogP contribution in [0.2, 0.25) is 0 Å². The maximum atomic E-state index is 12.7. The van der Waals surface area contributed by atoms with Crippen LogP contribution in [0.5, 0.6) is 5.75 Å². The third-order valence-corrected chi connectivity index (χ3v) is 3.45. The molecule has 0 heterocycles. The van der Waals surface area contributed by atoms with Crippen LogP contribution in [-0.4, -0.2) is 69.6 Å². The summed E-state index contributed by atoms with van der Waals surface area (Å²) in [6, 6.07) is 7.04. The van der Waals surface area contributed by atoms with Gasteiger partial charge in [0, 0.05) is 18.7 Å². The van der Waals surface area contributed by atoms with Crippen molar-refractivity contribution in [1.29, 1.82) is 0 Å². The topological polar surface area (TPSA) is 59.1 Å². The van der Waals surface area contributed by atoms with E-state index in [0.717, 1.165) is 13.0 Å². The van der Waals surface area contributed by atoms with Gasteiger partial charge >= 0.3 is 5.97 Å². The van der Waals surface area contributed by atoms with Crippen molar-refractivity contribution in [1.82, 2.24) is 9.80 Å². The molecule has 0 atom stereocenters. The molecule has 0 aliphatic heterocycles. The predicted octanol–water partition coefficient (Wildman–Crippen LogP) is 1.65. The van der Waals surface area contributed by atoms with Gasteiger partial charge in [0.05, 0.1) is 20.6 Å². The third kappa shape index (κ3) is 6.69. The number of benzene rings is 1. The zero-order valence-corrected chi connectivity index (χ0v) is 14.4. The van der Waals surface area contributed by atoms with E-state index in [-0.39, 0.29) is 18.3 Å². The Morgan fingerprint density at radius 2 is 1.83 bits per heavy atom. The molecule has 1 aromatic carbocycles. The number of hydrogen-bond donors (Lipinski definition) is 0. The number of methoxy groups -OCH3 is 2. The highest BCUT2D eigenvalue weighted by molar-refractivity contribution is 5.94. The lowest BCUT2D eigenvalue weighted by molar-refractivity contribution is -0.140. The molecule has 6 nitrogen and oxygen atoms in total.